The number of amides is 1. The van der Waals surface area contributed by atoms with Crippen molar-refractivity contribution in [3.63, 3.8) is 0 Å². The quantitative estimate of drug-likeness (QED) is 0.740. The van der Waals surface area contributed by atoms with Gasteiger partial charge in [-0.25, -0.2) is 0 Å². The van der Waals surface area contributed by atoms with Crippen LogP contribution in [-0.2, 0) is 0 Å². The Hall–Kier alpha value is -3.48. The number of alkyl halides is 2. The van der Waals surface area contributed by atoms with Gasteiger partial charge in [-0.1, -0.05) is 30.3 Å². The Balaban J connectivity index is 1.86. The number of para-hydroxylation sites is 2. The number of anilines is 2. The molecule has 1 amide bonds. The first kappa shape index (κ1) is 17.0. The van der Waals surface area contributed by atoms with Gasteiger partial charge in [-0.2, -0.15) is 8.78 Å². The number of carbonyl (C=O) groups excluding carboxylic acids is 1. The second kappa shape index (κ2) is 7.03. The molecule has 0 radical (unpaired) electrons. The number of fused-ring (bicyclic) bond motifs is 1. The second-order valence-corrected chi connectivity index (χ2v) is 5.89. The molecule has 1 aliphatic heterocycles. The molecule has 0 bridgehead atoms. The number of hydrogen-bond donors (Lipinski definition) is 1. The van der Waals surface area contributed by atoms with Gasteiger partial charge in [0.25, 0.3) is 5.91 Å². The second-order valence-electron chi connectivity index (χ2n) is 5.89. The van der Waals surface area contributed by atoms with Crippen LogP contribution in [0.2, 0.25) is 0 Å². The number of halogens is 2. The van der Waals surface area contributed by atoms with Gasteiger partial charge in [0.1, 0.15) is 11.9 Å². The molecule has 0 spiro atoms. The molecular formula is C20H15F2N3O2. The van der Waals surface area contributed by atoms with Crippen LogP contribution < -0.4 is 15.0 Å². The molecule has 5 nitrogen and oxygen atoms in total. The van der Waals surface area contributed by atoms with Gasteiger partial charge in [-0.3, -0.25) is 14.7 Å². The van der Waals surface area contributed by atoms with Crippen LogP contribution >= 0.6 is 0 Å². The number of hydrogen-bond acceptors (Lipinski definition) is 4. The fraction of sp³-hybridized carbons (Fsp3) is 0.100. The minimum atomic E-state index is -2.97. The standard InChI is InChI=1S/C20H15F2N3O2/c21-20(22)27-17-8-4-2-6-15(17)18-24-16-7-3-1-5-14(16)19(26)25(18)13-9-11-23-12-10-13/h1-12,18,20,24H. The van der Waals surface area contributed by atoms with E-state index in [1.54, 1.807) is 67.0 Å². The summed E-state index contributed by atoms with van der Waals surface area (Å²) in [6, 6.07) is 16.9. The third kappa shape index (κ3) is 3.19. The van der Waals surface area contributed by atoms with Crippen molar-refractivity contribution in [2.75, 3.05) is 10.2 Å². The van der Waals surface area contributed by atoms with E-state index in [2.05, 4.69) is 15.0 Å². The van der Waals surface area contributed by atoms with Crippen molar-refractivity contribution >= 4 is 17.3 Å². The summed E-state index contributed by atoms with van der Waals surface area (Å²) in [5, 5.41) is 3.27. The van der Waals surface area contributed by atoms with E-state index < -0.39 is 12.8 Å². The molecule has 0 saturated carbocycles. The summed E-state index contributed by atoms with van der Waals surface area (Å²) in [4.78, 5) is 18.7. The van der Waals surface area contributed by atoms with Gasteiger partial charge in [0.2, 0.25) is 0 Å². The van der Waals surface area contributed by atoms with Crippen LogP contribution in [0.5, 0.6) is 5.75 Å². The molecule has 1 aliphatic rings. The van der Waals surface area contributed by atoms with Crippen LogP contribution in [0.15, 0.2) is 73.1 Å². The van der Waals surface area contributed by atoms with Crippen molar-refractivity contribution in [1.29, 1.82) is 0 Å². The smallest absolute Gasteiger partial charge is 0.387 e. The number of nitrogens with zero attached hydrogens (tertiary/aromatic N) is 2. The predicted molar refractivity (Wildman–Crippen MR) is 96.9 cm³/mol. The van der Waals surface area contributed by atoms with Crippen molar-refractivity contribution in [3.05, 3.63) is 84.2 Å². The van der Waals surface area contributed by atoms with Gasteiger partial charge < -0.3 is 10.1 Å². The maximum Gasteiger partial charge on any atom is 0.387 e. The number of ether oxygens (including phenoxy) is 1. The molecule has 27 heavy (non-hydrogen) atoms. The molecule has 1 N–H and O–H groups in total. The van der Waals surface area contributed by atoms with Gasteiger partial charge in [-0.05, 0) is 30.3 Å². The molecule has 1 atom stereocenters. The lowest BCUT2D eigenvalue weighted by Crippen LogP contribution is -2.43. The largest absolute Gasteiger partial charge is 0.434 e. The average Bonchev–Trinajstić information content (AvgIpc) is 2.68. The predicted octanol–water partition coefficient (Wildman–Crippen LogP) is 4.45. The monoisotopic (exact) mass is 367 g/mol. The molecule has 2 heterocycles. The molecule has 136 valence electrons. The minimum absolute atomic E-state index is 0.0104. The molecule has 4 rings (SSSR count). The van der Waals surface area contributed by atoms with Crippen molar-refractivity contribution in [3.8, 4) is 5.75 Å². The van der Waals surface area contributed by atoms with Gasteiger partial charge in [-0.15, -0.1) is 0 Å². The maximum atomic E-state index is 13.2. The molecule has 0 saturated heterocycles. The fourth-order valence-corrected chi connectivity index (χ4v) is 3.15. The highest BCUT2D eigenvalue weighted by molar-refractivity contribution is 6.12. The van der Waals surface area contributed by atoms with E-state index in [0.29, 0.717) is 22.5 Å². The summed E-state index contributed by atoms with van der Waals surface area (Å²) < 4.78 is 30.4. The SMILES string of the molecule is O=C1c2ccccc2NC(c2ccccc2OC(F)F)N1c1ccncc1. The molecule has 2 aromatic carbocycles. The summed E-state index contributed by atoms with van der Waals surface area (Å²) in [6.07, 6.45) is 2.42. The zero-order valence-corrected chi connectivity index (χ0v) is 14.0. The Morgan fingerprint density at radius 2 is 1.70 bits per heavy atom. The van der Waals surface area contributed by atoms with E-state index in [9.17, 15) is 13.6 Å². The number of carbonyl (C=O) groups is 1. The Labute approximate surface area is 154 Å². The zero-order valence-electron chi connectivity index (χ0n) is 14.0. The molecule has 0 aliphatic carbocycles. The minimum Gasteiger partial charge on any atom is -0.434 e. The van der Waals surface area contributed by atoms with Crippen molar-refractivity contribution in [2.45, 2.75) is 12.8 Å². The van der Waals surface area contributed by atoms with Crippen LogP contribution in [0.25, 0.3) is 0 Å². The Kier molecular flexibility index (Phi) is 4.42. The molecule has 7 heteroatoms. The van der Waals surface area contributed by atoms with E-state index in [1.165, 1.54) is 11.0 Å². The molecule has 0 fully saturated rings. The van der Waals surface area contributed by atoms with Crippen LogP contribution in [0.3, 0.4) is 0 Å². The first-order valence-corrected chi connectivity index (χ1v) is 8.28. The number of pyridine rings is 1. The van der Waals surface area contributed by atoms with Crippen LogP contribution in [-0.4, -0.2) is 17.5 Å². The third-order valence-corrected chi connectivity index (χ3v) is 4.30. The number of benzene rings is 2. The number of aromatic nitrogens is 1. The first-order chi connectivity index (χ1) is 13.1. The van der Waals surface area contributed by atoms with E-state index in [1.807, 2.05) is 0 Å². The normalized spacial score (nSPS) is 16.0. The summed E-state index contributed by atoms with van der Waals surface area (Å²) in [6.45, 7) is -2.97. The van der Waals surface area contributed by atoms with Crippen molar-refractivity contribution in [2.24, 2.45) is 0 Å². The van der Waals surface area contributed by atoms with E-state index in [4.69, 9.17) is 0 Å². The molecule has 1 unspecified atom stereocenters. The summed E-state index contributed by atoms with van der Waals surface area (Å²) in [5.41, 5.74) is 2.15. The van der Waals surface area contributed by atoms with Gasteiger partial charge >= 0.3 is 6.61 Å². The Bertz CT molecular complexity index is 966. The summed E-state index contributed by atoms with van der Waals surface area (Å²) in [7, 11) is 0. The lowest BCUT2D eigenvalue weighted by atomic mass is 10.0. The van der Waals surface area contributed by atoms with Crippen LogP contribution in [0.4, 0.5) is 20.2 Å². The fourth-order valence-electron chi connectivity index (χ4n) is 3.15. The van der Waals surface area contributed by atoms with Gasteiger partial charge in [0.15, 0.2) is 0 Å². The topological polar surface area (TPSA) is 54.5 Å². The van der Waals surface area contributed by atoms with E-state index in [0.717, 1.165) is 0 Å². The lowest BCUT2D eigenvalue weighted by molar-refractivity contribution is -0.0505. The van der Waals surface area contributed by atoms with Gasteiger partial charge in [0, 0.05) is 29.3 Å². The molecule has 1 aromatic heterocycles. The Morgan fingerprint density at radius 1 is 1.00 bits per heavy atom. The highest BCUT2D eigenvalue weighted by Gasteiger charge is 2.35. The van der Waals surface area contributed by atoms with Crippen molar-refractivity contribution < 1.29 is 18.3 Å². The summed E-state index contributed by atoms with van der Waals surface area (Å²) in [5.74, 6) is -0.233. The average molecular weight is 367 g/mol. The molecule has 3 aromatic rings. The maximum absolute atomic E-state index is 13.2. The summed E-state index contributed by atoms with van der Waals surface area (Å²) >= 11 is 0. The van der Waals surface area contributed by atoms with E-state index >= 15 is 0 Å². The Morgan fingerprint density at radius 3 is 2.48 bits per heavy atom. The van der Waals surface area contributed by atoms with Crippen LogP contribution in [0, 0.1) is 0 Å². The lowest BCUT2D eigenvalue weighted by Gasteiger charge is -2.38. The highest BCUT2D eigenvalue weighted by atomic mass is 19.3. The molecular weight excluding hydrogens is 352 g/mol. The van der Waals surface area contributed by atoms with Crippen LogP contribution in [0.1, 0.15) is 22.1 Å². The third-order valence-electron chi connectivity index (χ3n) is 4.30. The highest BCUT2D eigenvalue weighted by Crippen LogP contribution is 2.39. The number of rotatable bonds is 4. The zero-order chi connectivity index (χ0) is 18.8. The van der Waals surface area contributed by atoms with E-state index in [-0.39, 0.29) is 11.7 Å². The first-order valence-electron chi connectivity index (χ1n) is 8.28. The number of nitrogens with one attached hydrogen (secondary N) is 1. The van der Waals surface area contributed by atoms with Crippen molar-refractivity contribution in [1.82, 2.24) is 4.98 Å². The van der Waals surface area contributed by atoms with Gasteiger partial charge in [0.05, 0.1) is 5.56 Å².